The van der Waals surface area contributed by atoms with Crippen molar-refractivity contribution in [1.82, 2.24) is 15.5 Å². The van der Waals surface area contributed by atoms with Crippen molar-refractivity contribution in [2.24, 2.45) is 5.92 Å². The molecule has 2 N–H and O–H groups in total. The predicted molar refractivity (Wildman–Crippen MR) is 139 cm³/mol. The van der Waals surface area contributed by atoms with Gasteiger partial charge in [0.05, 0.1) is 0 Å². The lowest BCUT2D eigenvalue weighted by Gasteiger charge is -2.36. The Balaban J connectivity index is 2.41. The smallest absolute Gasteiger partial charge is 0.408 e. The van der Waals surface area contributed by atoms with Crippen molar-refractivity contribution < 1.29 is 19.1 Å². The number of nitrogens with zero attached hydrogens (tertiary/aromatic N) is 1. The van der Waals surface area contributed by atoms with Crippen LogP contribution in [-0.2, 0) is 14.3 Å². The van der Waals surface area contributed by atoms with E-state index in [0.29, 0.717) is 6.54 Å². The average molecular weight is 488 g/mol. The van der Waals surface area contributed by atoms with Crippen LogP contribution >= 0.6 is 0 Å². The van der Waals surface area contributed by atoms with Crippen LogP contribution in [0.15, 0.2) is 18.2 Å². The molecule has 7 heteroatoms. The first-order valence-corrected chi connectivity index (χ1v) is 13.0. The van der Waals surface area contributed by atoms with Crippen LogP contribution in [0.25, 0.3) is 0 Å². The van der Waals surface area contributed by atoms with Crippen molar-refractivity contribution in [3.05, 3.63) is 34.9 Å². The number of ether oxygens (including phenoxy) is 1. The van der Waals surface area contributed by atoms with E-state index in [0.717, 1.165) is 48.8 Å². The quantitative estimate of drug-likeness (QED) is 0.421. The molecule has 0 saturated heterocycles. The third kappa shape index (κ3) is 8.86. The van der Waals surface area contributed by atoms with Gasteiger partial charge in [0.15, 0.2) is 0 Å². The highest BCUT2D eigenvalue weighted by Gasteiger charge is 2.44. The highest BCUT2D eigenvalue weighted by molar-refractivity contribution is 5.92. The molecule has 0 bridgehead atoms. The van der Waals surface area contributed by atoms with Gasteiger partial charge in [-0.25, -0.2) is 4.79 Å². The fourth-order valence-electron chi connectivity index (χ4n) is 4.27. The molecule has 7 nitrogen and oxygen atoms in total. The summed E-state index contributed by atoms with van der Waals surface area (Å²) < 4.78 is 5.42. The first kappa shape index (κ1) is 28.7. The maximum absolute atomic E-state index is 14.0. The van der Waals surface area contributed by atoms with Crippen LogP contribution in [-0.4, -0.2) is 47.0 Å². The van der Waals surface area contributed by atoms with Gasteiger partial charge >= 0.3 is 6.09 Å². The maximum atomic E-state index is 14.0. The number of alkyl carbamates (subject to hydrolysis) is 1. The molecule has 0 spiro atoms. The van der Waals surface area contributed by atoms with Gasteiger partial charge in [0.25, 0.3) is 0 Å². The fraction of sp³-hybridized carbons (Fsp3) is 0.679. The second-order valence-electron chi connectivity index (χ2n) is 11.2. The summed E-state index contributed by atoms with van der Waals surface area (Å²) in [6.07, 6.45) is 4.05. The van der Waals surface area contributed by atoms with Crippen LogP contribution in [0.5, 0.6) is 0 Å². The number of amides is 3. The Morgan fingerprint density at radius 2 is 1.66 bits per heavy atom. The minimum absolute atomic E-state index is 0.0311. The zero-order valence-electron chi connectivity index (χ0n) is 22.9. The lowest BCUT2D eigenvalue weighted by Crippen LogP contribution is -2.55. The number of aryl methyl sites for hydroxylation is 2. The summed E-state index contributed by atoms with van der Waals surface area (Å²) in [5.74, 6) is -0.601. The molecule has 1 aliphatic carbocycles. The van der Waals surface area contributed by atoms with Gasteiger partial charge in [0.1, 0.15) is 17.7 Å². The van der Waals surface area contributed by atoms with Crippen LogP contribution in [0.3, 0.4) is 0 Å². The van der Waals surface area contributed by atoms with Gasteiger partial charge in [0.2, 0.25) is 11.8 Å². The van der Waals surface area contributed by atoms with E-state index < -0.39 is 23.8 Å². The Bertz CT molecular complexity index is 866. The highest BCUT2D eigenvalue weighted by Crippen LogP contribution is 2.36. The summed E-state index contributed by atoms with van der Waals surface area (Å²) in [5, 5.41) is 5.85. The number of hydrogen-bond donors (Lipinski definition) is 2. The lowest BCUT2D eigenvalue weighted by atomic mass is 9.96. The van der Waals surface area contributed by atoms with Gasteiger partial charge < -0.3 is 20.3 Å². The molecule has 196 valence electrons. The molecule has 0 aliphatic heterocycles. The zero-order valence-corrected chi connectivity index (χ0v) is 22.9. The molecule has 1 saturated carbocycles. The summed E-state index contributed by atoms with van der Waals surface area (Å²) in [7, 11) is 0. The molecule has 3 amide bonds. The molecule has 2 unspecified atom stereocenters. The topological polar surface area (TPSA) is 87.7 Å². The molecule has 35 heavy (non-hydrogen) atoms. The Kier molecular flexibility index (Phi) is 10.2. The highest BCUT2D eigenvalue weighted by atomic mass is 16.6. The van der Waals surface area contributed by atoms with E-state index in [1.54, 1.807) is 25.7 Å². The van der Waals surface area contributed by atoms with Gasteiger partial charge in [-0.1, -0.05) is 62.9 Å². The standard InChI is InChI=1S/C28H45N3O4/c1-9-10-11-14-29-25(32)24(21-16-19(4)15-20(5)17-21)31(22-12-13-22)26(33)23(18(2)3)30-27(34)35-28(6,7)8/h15-18,22-24H,9-14H2,1-8H3,(H,29,32)(H,30,34). The second-order valence-corrected chi connectivity index (χ2v) is 11.2. The van der Waals surface area contributed by atoms with E-state index in [1.807, 2.05) is 39.8 Å². The van der Waals surface area contributed by atoms with Crippen LogP contribution in [0.4, 0.5) is 4.79 Å². The summed E-state index contributed by atoms with van der Waals surface area (Å²) in [6.45, 7) is 15.8. The summed E-state index contributed by atoms with van der Waals surface area (Å²) in [6, 6.07) is 4.44. The van der Waals surface area contributed by atoms with Crippen LogP contribution in [0.2, 0.25) is 0 Å². The van der Waals surface area contributed by atoms with E-state index in [-0.39, 0.29) is 23.8 Å². The Labute approximate surface area is 211 Å². The van der Waals surface area contributed by atoms with Crippen LogP contribution < -0.4 is 10.6 Å². The molecule has 2 rings (SSSR count). The number of benzene rings is 1. The summed E-state index contributed by atoms with van der Waals surface area (Å²) >= 11 is 0. The third-order valence-corrected chi connectivity index (χ3v) is 5.97. The average Bonchev–Trinajstić information content (AvgIpc) is 3.55. The van der Waals surface area contributed by atoms with Crippen molar-refractivity contribution in [3.8, 4) is 0 Å². The van der Waals surface area contributed by atoms with Gasteiger partial charge in [-0.15, -0.1) is 0 Å². The molecule has 1 aromatic rings. The number of carbonyl (C=O) groups excluding carboxylic acids is 3. The Morgan fingerprint density at radius 1 is 1.06 bits per heavy atom. The molecule has 1 fully saturated rings. The monoisotopic (exact) mass is 487 g/mol. The molecular formula is C28H45N3O4. The van der Waals surface area contributed by atoms with Crippen LogP contribution in [0, 0.1) is 19.8 Å². The molecule has 1 aliphatic rings. The van der Waals surface area contributed by atoms with E-state index >= 15 is 0 Å². The number of carbonyl (C=O) groups is 3. The third-order valence-electron chi connectivity index (χ3n) is 5.97. The van der Waals surface area contributed by atoms with E-state index in [2.05, 4.69) is 23.6 Å². The van der Waals surface area contributed by atoms with E-state index in [4.69, 9.17) is 4.74 Å². The summed E-state index contributed by atoms with van der Waals surface area (Å²) in [4.78, 5) is 41.9. The number of nitrogens with one attached hydrogen (secondary N) is 2. The van der Waals surface area contributed by atoms with Gasteiger partial charge in [-0.2, -0.15) is 0 Å². The fourth-order valence-corrected chi connectivity index (χ4v) is 4.27. The van der Waals surface area contributed by atoms with E-state index in [1.165, 1.54) is 0 Å². The van der Waals surface area contributed by atoms with Crippen molar-refractivity contribution in [2.75, 3.05) is 6.54 Å². The van der Waals surface area contributed by atoms with Gasteiger partial charge in [0, 0.05) is 12.6 Å². The van der Waals surface area contributed by atoms with Gasteiger partial charge in [-0.3, -0.25) is 9.59 Å². The minimum Gasteiger partial charge on any atom is -0.444 e. The molecular weight excluding hydrogens is 442 g/mol. The normalized spacial score (nSPS) is 15.3. The largest absolute Gasteiger partial charge is 0.444 e. The van der Waals surface area contributed by atoms with Crippen LogP contribution in [0.1, 0.15) is 96.4 Å². The molecule has 0 radical (unpaired) electrons. The van der Waals surface area contributed by atoms with Crippen molar-refractivity contribution in [2.45, 2.75) is 111 Å². The predicted octanol–water partition coefficient (Wildman–Crippen LogP) is 5.19. The van der Waals surface area contributed by atoms with Gasteiger partial charge in [-0.05, 0) is 65.4 Å². The minimum atomic E-state index is -0.799. The lowest BCUT2D eigenvalue weighted by molar-refractivity contribution is -0.144. The van der Waals surface area contributed by atoms with E-state index in [9.17, 15) is 14.4 Å². The number of unbranched alkanes of at least 4 members (excludes halogenated alkanes) is 2. The van der Waals surface area contributed by atoms with Crippen molar-refractivity contribution in [3.63, 3.8) is 0 Å². The Morgan fingerprint density at radius 3 is 2.14 bits per heavy atom. The molecule has 0 heterocycles. The first-order chi connectivity index (χ1) is 16.3. The number of hydrogen-bond acceptors (Lipinski definition) is 4. The Hall–Kier alpha value is -2.57. The van der Waals surface area contributed by atoms with Crippen molar-refractivity contribution in [1.29, 1.82) is 0 Å². The molecule has 0 aromatic heterocycles. The maximum Gasteiger partial charge on any atom is 0.408 e. The number of rotatable bonds is 11. The zero-order chi connectivity index (χ0) is 26.3. The first-order valence-electron chi connectivity index (χ1n) is 13.0. The summed E-state index contributed by atoms with van der Waals surface area (Å²) in [5.41, 5.74) is 2.21. The SMILES string of the molecule is CCCCCNC(=O)C(c1cc(C)cc(C)c1)N(C(=O)C(NC(=O)OC(C)(C)C)C(C)C)C1CC1. The second kappa shape index (κ2) is 12.4. The van der Waals surface area contributed by atoms with Crippen molar-refractivity contribution >= 4 is 17.9 Å². The molecule has 2 atom stereocenters. The molecule has 1 aromatic carbocycles.